The van der Waals surface area contributed by atoms with E-state index in [-0.39, 0.29) is 12.5 Å². The molecule has 0 fully saturated rings. The molecule has 6 nitrogen and oxygen atoms in total. The zero-order chi connectivity index (χ0) is 19.8. The second-order valence-electron chi connectivity index (χ2n) is 6.40. The molecule has 0 unspecified atom stereocenters. The molecule has 1 amide bonds. The predicted octanol–water partition coefficient (Wildman–Crippen LogP) is 3.92. The van der Waals surface area contributed by atoms with Gasteiger partial charge in [0.05, 0.1) is 23.6 Å². The molecule has 4 rings (SSSR count). The number of anilines is 1. The molecule has 2 N–H and O–H groups in total. The van der Waals surface area contributed by atoms with E-state index in [1.165, 1.54) is 12.1 Å². The van der Waals surface area contributed by atoms with Crippen LogP contribution < -0.4 is 5.73 Å². The topological polar surface area (TPSA) is 76.5 Å². The summed E-state index contributed by atoms with van der Waals surface area (Å²) in [5, 5.41) is 0.296. The molecule has 0 atom stereocenters. The number of benzene rings is 2. The Labute approximate surface area is 165 Å². The van der Waals surface area contributed by atoms with E-state index in [1.807, 2.05) is 11.3 Å². The van der Waals surface area contributed by atoms with Crippen molar-refractivity contribution < 1.29 is 9.18 Å². The fourth-order valence-corrected chi connectivity index (χ4v) is 3.40. The summed E-state index contributed by atoms with van der Waals surface area (Å²) in [6.07, 6.45) is 3.27. The molecule has 0 spiro atoms. The number of fused-ring (bicyclic) bond motifs is 3. The quantitative estimate of drug-likeness (QED) is 0.566. The summed E-state index contributed by atoms with van der Waals surface area (Å²) in [5.41, 5.74) is 9.25. The van der Waals surface area contributed by atoms with Gasteiger partial charge in [-0.3, -0.25) is 9.20 Å². The number of amides is 1. The molecular weight excluding hydrogens is 381 g/mol. The lowest BCUT2D eigenvalue weighted by Crippen LogP contribution is -2.30. The van der Waals surface area contributed by atoms with Crippen LogP contribution in [0.4, 0.5) is 10.2 Å². The van der Waals surface area contributed by atoms with E-state index in [2.05, 4.69) is 9.97 Å². The number of hydrogen-bond acceptors (Lipinski definition) is 4. The van der Waals surface area contributed by atoms with Crippen LogP contribution in [-0.4, -0.2) is 31.7 Å². The number of nitrogens with zero attached hydrogens (tertiary/aromatic N) is 4. The maximum absolute atomic E-state index is 13.3. The minimum atomic E-state index is -0.409. The van der Waals surface area contributed by atoms with Crippen molar-refractivity contribution in [2.75, 3.05) is 12.3 Å². The lowest BCUT2D eigenvalue weighted by molar-refractivity contribution is 0.0753. The lowest BCUT2D eigenvalue weighted by Gasteiger charge is -2.22. The summed E-state index contributed by atoms with van der Waals surface area (Å²) < 4.78 is 15.1. The number of halogens is 2. The Hall–Kier alpha value is -3.19. The Morgan fingerprint density at radius 3 is 2.82 bits per heavy atom. The number of nitrogens with two attached hydrogens (primary N) is 1. The van der Waals surface area contributed by atoms with Crippen LogP contribution in [-0.2, 0) is 6.54 Å². The van der Waals surface area contributed by atoms with Crippen molar-refractivity contribution in [1.82, 2.24) is 19.3 Å². The second-order valence-corrected chi connectivity index (χ2v) is 6.81. The van der Waals surface area contributed by atoms with Gasteiger partial charge in [-0.15, -0.1) is 0 Å². The van der Waals surface area contributed by atoms with Crippen molar-refractivity contribution in [1.29, 1.82) is 0 Å². The molecule has 2 aromatic carbocycles. The number of carbonyl (C=O) groups excluding carboxylic acids is 1. The number of nitrogen functional groups attached to an aromatic ring is 1. The van der Waals surface area contributed by atoms with Crippen LogP contribution in [0.5, 0.6) is 0 Å². The van der Waals surface area contributed by atoms with Crippen LogP contribution in [0.3, 0.4) is 0 Å². The van der Waals surface area contributed by atoms with Crippen molar-refractivity contribution in [3.8, 4) is 0 Å². The van der Waals surface area contributed by atoms with Crippen molar-refractivity contribution >= 4 is 39.9 Å². The molecule has 0 saturated carbocycles. The van der Waals surface area contributed by atoms with Crippen molar-refractivity contribution in [3.63, 3.8) is 0 Å². The minimum absolute atomic E-state index is 0.158. The van der Waals surface area contributed by atoms with Gasteiger partial charge in [0.25, 0.3) is 5.91 Å². The molecule has 28 heavy (non-hydrogen) atoms. The smallest absolute Gasteiger partial charge is 0.254 e. The Balaban J connectivity index is 1.71. The van der Waals surface area contributed by atoms with Crippen molar-refractivity contribution in [2.24, 2.45) is 0 Å². The zero-order valence-corrected chi connectivity index (χ0v) is 15.8. The summed E-state index contributed by atoms with van der Waals surface area (Å²) in [7, 11) is 0. The third-order valence-corrected chi connectivity index (χ3v) is 5.02. The van der Waals surface area contributed by atoms with Crippen molar-refractivity contribution in [3.05, 3.63) is 70.9 Å². The van der Waals surface area contributed by atoms with Gasteiger partial charge in [0, 0.05) is 23.7 Å². The molecule has 0 aliphatic heterocycles. The minimum Gasteiger partial charge on any atom is -0.382 e. The molecular formula is C20H17ClFN5O. The molecule has 2 aromatic heterocycles. The third kappa shape index (κ3) is 3.14. The van der Waals surface area contributed by atoms with E-state index < -0.39 is 5.82 Å². The summed E-state index contributed by atoms with van der Waals surface area (Å²) in [5.74, 6) is -0.186. The summed E-state index contributed by atoms with van der Waals surface area (Å²) in [4.78, 5) is 23.2. The molecule has 0 aliphatic carbocycles. The molecule has 0 bridgehead atoms. The maximum Gasteiger partial charge on any atom is 0.254 e. The van der Waals surface area contributed by atoms with E-state index in [0.717, 1.165) is 5.52 Å². The van der Waals surface area contributed by atoms with Gasteiger partial charge >= 0.3 is 0 Å². The van der Waals surface area contributed by atoms with E-state index in [0.29, 0.717) is 39.5 Å². The molecule has 2 heterocycles. The lowest BCUT2D eigenvalue weighted by atomic mass is 10.1. The summed E-state index contributed by atoms with van der Waals surface area (Å²) in [6, 6.07) is 9.42. The van der Waals surface area contributed by atoms with Crippen LogP contribution >= 0.6 is 11.6 Å². The fraction of sp³-hybridized carbons (Fsp3) is 0.150. The highest BCUT2D eigenvalue weighted by atomic mass is 35.5. The summed E-state index contributed by atoms with van der Waals surface area (Å²) >= 11 is 6.12. The average molecular weight is 398 g/mol. The van der Waals surface area contributed by atoms with Crippen LogP contribution in [0, 0.1) is 5.82 Å². The number of imidazole rings is 1. The maximum atomic E-state index is 13.3. The molecule has 0 aliphatic rings. The van der Waals surface area contributed by atoms with Gasteiger partial charge in [-0.1, -0.05) is 17.7 Å². The Kier molecular flexibility index (Phi) is 4.60. The molecule has 4 aromatic rings. The first kappa shape index (κ1) is 18.2. The predicted molar refractivity (Wildman–Crippen MR) is 107 cm³/mol. The number of carbonyl (C=O) groups is 1. The van der Waals surface area contributed by atoms with Crippen LogP contribution in [0.1, 0.15) is 22.8 Å². The van der Waals surface area contributed by atoms with E-state index >= 15 is 0 Å². The van der Waals surface area contributed by atoms with Gasteiger partial charge in [-0.05, 0) is 42.8 Å². The molecule has 142 valence electrons. The Morgan fingerprint density at radius 2 is 2.07 bits per heavy atom. The van der Waals surface area contributed by atoms with Gasteiger partial charge in [-0.25, -0.2) is 14.4 Å². The number of hydrogen-bond donors (Lipinski definition) is 1. The first-order valence-corrected chi connectivity index (χ1v) is 9.10. The zero-order valence-electron chi connectivity index (χ0n) is 15.1. The van der Waals surface area contributed by atoms with Gasteiger partial charge < -0.3 is 10.6 Å². The Morgan fingerprint density at radius 1 is 1.25 bits per heavy atom. The number of aromatic nitrogens is 3. The highest BCUT2D eigenvalue weighted by molar-refractivity contribution is 6.31. The van der Waals surface area contributed by atoms with Gasteiger partial charge in [-0.2, -0.15) is 0 Å². The first-order valence-electron chi connectivity index (χ1n) is 8.72. The summed E-state index contributed by atoms with van der Waals surface area (Å²) in [6.45, 7) is 2.64. The van der Waals surface area contributed by atoms with Crippen LogP contribution in [0.2, 0.25) is 5.02 Å². The van der Waals surface area contributed by atoms with E-state index in [4.69, 9.17) is 17.3 Å². The molecule has 0 saturated heterocycles. The molecule has 8 heteroatoms. The average Bonchev–Trinajstić information content (AvgIpc) is 3.18. The largest absolute Gasteiger partial charge is 0.382 e. The van der Waals surface area contributed by atoms with E-state index in [9.17, 15) is 9.18 Å². The van der Waals surface area contributed by atoms with Gasteiger partial charge in [0.1, 0.15) is 17.2 Å². The van der Waals surface area contributed by atoms with Crippen LogP contribution in [0.25, 0.3) is 16.6 Å². The normalized spacial score (nSPS) is 11.2. The van der Waals surface area contributed by atoms with Gasteiger partial charge in [0.15, 0.2) is 0 Å². The standard InChI is InChI=1S/C20H17ClFN5O/c1-2-26(10-13-3-5-14(22)8-15(13)21)20(28)12-4-6-16-17(7-12)27-11-24-9-18(27)19(23)25-16/h3-9,11H,2,10H2,1H3,(H2,23,25). The monoisotopic (exact) mass is 397 g/mol. The van der Waals surface area contributed by atoms with Crippen LogP contribution in [0.15, 0.2) is 48.9 Å². The number of rotatable bonds is 4. The second kappa shape index (κ2) is 7.09. The highest BCUT2D eigenvalue weighted by Gasteiger charge is 2.18. The van der Waals surface area contributed by atoms with Crippen molar-refractivity contribution in [2.45, 2.75) is 13.5 Å². The highest BCUT2D eigenvalue weighted by Crippen LogP contribution is 2.23. The van der Waals surface area contributed by atoms with Gasteiger partial charge in [0.2, 0.25) is 0 Å². The molecule has 0 radical (unpaired) electrons. The third-order valence-electron chi connectivity index (χ3n) is 4.67. The Bertz CT molecular complexity index is 1210. The first-order chi connectivity index (χ1) is 13.5. The SMILES string of the molecule is CCN(Cc1ccc(F)cc1Cl)C(=O)c1ccc2nc(N)c3cncn3c2c1. The van der Waals surface area contributed by atoms with E-state index in [1.54, 1.807) is 41.7 Å². The fourth-order valence-electron chi connectivity index (χ4n) is 3.17.